The van der Waals surface area contributed by atoms with E-state index < -0.39 is 6.10 Å². The number of hydrogen-bond donors (Lipinski definition) is 2. The van der Waals surface area contributed by atoms with Gasteiger partial charge in [-0.3, -0.25) is 4.79 Å². The normalized spacial score (nSPS) is 13.5. The molecular weight excluding hydrogens is 266 g/mol. The van der Waals surface area contributed by atoms with E-state index in [4.69, 9.17) is 0 Å². The molecule has 0 saturated carbocycles. The van der Waals surface area contributed by atoms with Gasteiger partial charge in [-0.2, -0.15) is 0 Å². The number of aryl methyl sites for hydroxylation is 2. The molecule has 0 heterocycles. The summed E-state index contributed by atoms with van der Waals surface area (Å²) in [7, 11) is 1.37. The molecule has 1 rings (SSSR count). The summed E-state index contributed by atoms with van der Waals surface area (Å²) in [6, 6.07) is 5.69. The molecule has 0 amide bonds. The Bertz CT molecular complexity index is 485. The van der Waals surface area contributed by atoms with Gasteiger partial charge in [0.25, 0.3) is 0 Å². The first-order valence-electron chi connectivity index (χ1n) is 7.16. The second-order valence-electron chi connectivity index (χ2n) is 5.21. The standard InChI is InChI=1S/C17H25NO3/c1-5-10-18-15(8-9-16(19)21-4)17(20)14-7-6-12(2)13(3)11-14/h5-7,11,15,17-18,20H,1,8-10H2,2-4H3. The third kappa shape index (κ3) is 5.33. The number of benzene rings is 1. The van der Waals surface area contributed by atoms with Gasteiger partial charge in [0, 0.05) is 19.0 Å². The van der Waals surface area contributed by atoms with Crippen LogP contribution in [0.15, 0.2) is 30.9 Å². The van der Waals surface area contributed by atoms with E-state index in [1.54, 1.807) is 6.08 Å². The maximum absolute atomic E-state index is 11.3. The first kappa shape index (κ1) is 17.4. The average molecular weight is 291 g/mol. The smallest absolute Gasteiger partial charge is 0.305 e. The van der Waals surface area contributed by atoms with Gasteiger partial charge < -0.3 is 15.2 Å². The fraction of sp³-hybridized carbons (Fsp3) is 0.471. The molecule has 0 aromatic heterocycles. The SMILES string of the molecule is C=CCNC(CCC(=O)OC)C(O)c1ccc(C)c(C)c1. The maximum Gasteiger partial charge on any atom is 0.305 e. The Balaban J connectivity index is 2.81. The van der Waals surface area contributed by atoms with Crippen molar-refractivity contribution in [3.05, 3.63) is 47.5 Å². The fourth-order valence-electron chi connectivity index (χ4n) is 2.16. The van der Waals surface area contributed by atoms with E-state index in [1.807, 2.05) is 32.0 Å². The molecule has 0 bridgehead atoms. The molecule has 4 nitrogen and oxygen atoms in total. The van der Waals surface area contributed by atoms with Gasteiger partial charge in [0.2, 0.25) is 0 Å². The number of aliphatic hydroxyl groups excluding tert-OH is 1. The fourth-order valence-corrected chi connectivity index (χ4v) is 2.16. The Kier molecular flexibility index (Phi) is 7.12. The van der Waals surface area contributed by atoms with Crippen molar-refractivity contribution < 1.29 is 14.6 Å². The van der Waals surface area contributed by atoms with Crippen LogP contribution in [0.1, 0.15) is 35.6 Å². The molecular formula is C17H25NO3. The quantitative estimate of drug-likeness (QED) is 0.570. The van der Waals surface area contributed by atoms with Gasteiger partial charge in [-0.15, -0.1) is 6.58 Å². The molecule has 1 aromatic carbocycles. The molecule has 0 fully saturated rings. The molecule has 4 heteroatoms. The molecule has 0 aliphatic rings. The molecule has 0 radical (unpaired) electrons. The summed E-state index contributed by atoms with van der Waals surface area (Å²) in [6.07, 6.45) is 1.84. The lowest BCUT2D eigenvalue weighted by Gasteiger charge is -2.24. The van der Waals surface area contributed by atoms with Crippen LogP contribution in [0, 0.1) is 13.8 Å². The van der Waals surface area contributed by atoms with Crippen molar-refractivity contribution in [2.75, 3.05) is 13.7 Å². The lowest BCUT2D eigenvalue weighted by Crippen LogP contribution is -2.35. The molecule has 2 N–H and O–H groups in total. The number of esters is 1. The van der Waals surface area contributed by atoms with E-state index in [1.165, 1.54) is 12.7 Å². The molecule has 0 spiro atoms. The Morgan fingerprint density at radius 1 is 1.43 bits per heavy atom. The van der Waals surface area contributed by atoms with Crippen molar-refractivity contribution in [2.45, 2.75) is 38.8 Å². The maximum atomic E-state index is 11.3. The van der Waals surface area contributed by atoms with Crippen LogP contribution in [0.25, 0.3) is 0 Å². The monoisotopic (exact) mass is 291 g/mol. The predicted octanol–water partition coefficient (Wildman–Crippen LogP) is 2.43. The van der Waals surface area contributed by atoms with E-state index in [9.17, 15) is 9.90 Å². The average Bonchev–Trinajstić information content (AvgIpc) is 2.49. The van der Waals surface area contributed by atoms with Gasteiger partial charge in [-0.25, -0.2) is 0 Å². The van der Waals surface area contributed by atoms with Crippen LogP contribution in [0.3, 0.4) is 0 Å². The van der Waals surface area contributed by atoms with Crippen molar-refractivity contribution in [3.8, 4) is 0 Å². The van der Waals surface area contributed by atoms with Crippen LogP contribution in [0.4, 0.5) is 0 Å². The third-order valence-electron chi connectivity index (χ3n) is 3.67. The summed E-state index contributed by atoms with van der Waals surface area (Å²) in [5.41, 5.74) is 3.18. The van der Waals surface area contributed by atoms with Gasteiger partial charge >= 0.3 is 5.97 Å². The van der Waals surface area contributed by atoms with Crippen LogP contribution in [-0.4, -0.2) is 30.8 Å². The summed E-state index contributed by atoms with van der Waals surface area (Å²) >= 11 is 0. The van der Waals surface area contributed by atoms with Crippen LogP contribution >= 0.6 is 0 Å². The van der Waals surface area contributed by atoms with E-state index in [2.05, 4.69) is 16.6 Å². The highest BCUT2D eigenvalue weighted by atomic mass is 16.5. The number of methoxy groups -OCH3 is 1. The largest absolute Gasteiger partial charge is 0.469 e. The van der Waals surface area contributed by atoms with Gasteiger partial charge in [-0.05, 0) is 37.0 Å². The number of hydrogen-bond acceptors (Lipinski definition) is 4. The number of carbonyl (C=O) groups excluding carboxylic acids is 1. The molecule has 116 valence electrons. The Morgan fingerprint density at radius 2 is 2.14 bits per heavy atom. The highest BCUT2D eigenvalue weighted by molar-refractivity contribution is 5.69. The predicted molar refractivity (Wildman–Crippen MR) is 84.1 cm³/mol. The molecule has 2 unspecified atom stereocenters. The molecule has 2 atom stereocenters. The summed E-state index contributed by atoms with van der Waals surface area (Å²) in [6.45, 7) is 8.30. The van der Waals surface area contributed by atoms with Crippen LogP contribution in [0.2, 0.25) is 0 Å². The highest BCUT2D eigenvalue weighted by Gasteiger charge is 2.21. The minimum Gasteiger partial charge on any atom is -0.469 e. The van der Waals surface area contributed by atoms with Crippen LogP contribution in [0.5, 0.6) is 0 Å². The van der Waals surface area contributed by atoms with E-state index in [-0.39, 0.29) is 18.4 Å². The van der Waals surface area contributed by atoms with Crippen molar-refractivity contribution in [2.24, 2.45) is 0 Å². The van der Waals surface area contributed by atoms with Crippen molar-refractivity contribution in [3.63, 3.8) is 0 Å². The second-order valence-corrected chi connectivity index (χ2v) is 5.21. The molecule has 1 aromatic rings. The first-order chi connectivity index (χ1) is 9.99. The summed E-state index contributed by atoms with van der Waals surface area (Å²) in [4.78, 5) is 11.3. The first-order valence-corrected chi connectivity index (χ1v) is 7.16. The van der Waals surface area contributed by atoms with Crippen molar-refractivity contribution in [1.82, 2.24) is 5.32 Å². The lowest BCUT2D eigenvalue weighted by atomic mass is 9.95. The number of nitrogens with one attached hydrogen (secondary N) is 1. The van der Waals surface area contributed by atoms with Gasteiger partial charge in [-0.1, -0.05) is 24.3 Å². The zero-order chi connectivity index (χ0) is 15.8. The van der Waals surface area contributed by atoms with Crippen molar-refractivity contribution >= 4 is 5.97 Å². The molecule has 0 aliphatic heterocycles. The second kappa shape index (κ2) is 8.60. The van der Waals surface area contributed by atoms with E-state index in [0.29, 0.717) is 13.0 Å². The number of carbonyl (C=O) groups is 1. The molecule has 0 aliphatic carbocycles. The Hall–Kier alpha value is -1.65. The molecule has 21 heavy (non-hydrogen) atoms. The zero-order valence-corrected chi connectivity index (χ0v) is 13.1. The minimum absolute atomic E-state index is 0.218. The number of ether oxygens (including phenoxy) is 1. The summed E-state index contributed by atoms with van der Waals surface area (Å²) < 4.78 is 4.66. The topological polar surface area (TPSA) is 58.6 Å². The van der Waals surface area contributed by atoms with Crippen molar-refractivity contribution in [1.29, 1.82) is 0 Å². The van der Waals surface area contributed by atoms with Crippen LogP contribution in [-0.2, 0) is 9.53 Å². The van der Waals surface area contributed by atoms with Crippen LogP contribution < -0.4 is 5.32 Å². The Morgan fingerprint density at radius 3 is 2.71 bits per heavy atom. The zero-order valence-electron chi connectivity index (χ0n) is 13.1. The summed E-state index contributed by atoms with van der Waals surface area (Å²) in [5, 5.41) is 13.8. The highest BCUT2D eigenvalue weighted by Crippen LogP contribution is 2.22. The van der Waals surface area contributed by atoms with E-state index in [0.717, 1.165) is 11.1 Å². The summed E-state index contributed by atoms with van der Waals surface area (Å²) in [5.74, 6) is -0.271. The lowest BCUT2D eigenvalue weighted by molar-refractivity contribution is -0.141. The number of aliphatic hydroxyl groups is 1. The minimum atomic E-state index is -0.672. The number of rotatable bonds is 8. The van der Waals surface area contributed by atoms with Gasteiger partial charge in [0.05, 0.1) is 13.2 Å². The van der Waals surface area contributed by atoms with E-state index >= 15 is 0 Å². The molecule has 0 saturated heterocycles. The van der Waals surface area contributed by atoms with Gasteiger partial charge in [0.1, 0.15) is 0 Å². The Labute approximate surface area is 126 Å². The third-order valence-corrected chi connectivity index (χ3v) is 3.67. The van der Waals surface area contributed by atoms with Gasteiger partial charge in [0.15, 0.2) is 0 Å².